The summed E-state index contributed by atoms with van der Waals surface area (Å²) < 4.78 is 13.1. The monoisotopic (exact) mass is 271 g/mol. The van der Waals surface area contributed by atoms with Crippen molar-refractivity contribution in [2.75, 3.05) is 0 Å². The fraction of sp³-hybridized carbons (Fsp3) is 0.0714. The van der Waals surface area contributed by atoms with Crippen molar-refractivity contribution in [3.8, 4) is 11.4 Å². The van der Waals surface area contributed by atoms with Crippen LogP contribution in [0, 0.1) is 5.82 Å². The Bertz CT molecular complexity index is 682. The fourth-order valence-electron chi connectivity index (χ4n) is 1.76. The number of hydrogen-bond donors (Lipinski definition) is 0. The highest BCUT2D eigenvalue weighted by atomic mass is 32.1. The van der Waals surface area contributed by atoms with E-state index in [4.69, 9.17) is 0 Å². The van der Waals surface area contributed by atoms with Crippen LogP contribution in [0.1, 0.15) is 10.6 Å². The second-order valence-corrected chi connectivity index (χ2v) is 4.97. The maximum atomic E-state index is 13.1. The third kappa shape index (κ3) is 2.82. The van der Waals surface area contributed by atoms with Crippen molar-refractivity contribution in [1.29, 1.82) is 0 Å². The van der Waals surface area contributed by atoms with E-state index in [2.05, 4.69) is 15.0 Å². The summed E-state index contributed by atoms with van der Waals surface area (Å²) in [5, 5.41) is 2.88. The van der Waals surface area contributed by atoms with Crippen LogP contribution in [0.25, 0.3) is 11.4 Å². The Kier molecular flexibility index (Phi) is 3.29. The highest BCUT2D eigenvalue weighted by Crippen LogP contribution is 2.21. The zero-order valence-electron chi connectivity index (χ0n) is 9.95. The molecule has 0 bridgehead atoms. The van der Waals surface area contributed by atoms with Crippen molar-refractivity contribution < 1.29 is 4.39 Å². The van der Waals surface area contributed by atoms with Crippen LogP contribution in [0.15, 0.2) is 48.2 Å². The summed E-state index contributed by atoms with van der Waals surface area (Å²) in [6.07, 6.45) is 5.58. The Balaban J connectivity index is 1.82. The van der Waals surface area contributed by atoms with Crippen LogP contribution in [0.4, 0.5) is 4.39 Å². The van der Waals surface area contributed by atoms with Crippen molar-refractivity contribution in [3.05, 3.63) is 64.6 Å². The molecule has 3 nitrogen and oxygen atoms in total. The van der Waals surface area contributed by atoms with E-state index >= 15 is 0 Å². The molecule has 0 atom stereocenters. The number of hydrogen-bond acceptors (Lipinski definition) is 4. The van der Waals surface area contributed by atoms with Crippen LogP contribution in [0.5, 0.6) is 0 Å². The third-order valence-electron chi connectivity index (χ3n) is 2.62. The Morgan fingerprint density at radius 2 is 2.11 bits per heavy atom. The molecule has 0 amide bonds. The molecule has 3 rings (SSSR count). The molecule has 0 radical (unpaired) electrons. The van der Waals surface area contributed by atoms with E-state index < -0.39 is 0 Å². The molecule has 2 heterocycles. The van der Waals surface area contributed by atoms with Crippen LogP contribution in [0.2, 0.25) is 0 Å². The van der Waals surface area contributed by atoms with Crippen LogP contribution in [0.3, 0.4) is 0 Å². The van der Waals surface area contributed by atoms with Gasteiger partial charge in [-0.1, -0.05) is 12.1 Å². The van der Waals surface area contributed by atoms with E-state index in [0.717, 1.165) is 22.0 Å². The summed E-state index contributed by atoms with van der Waals surface area (Å²) in [6.45, 7) is 0. The second kappa shape index (κ2) is 5.24. The number of thiazole rings is 1. The van der Waals surface area contributed by atoms with Gasteiger partial charge >= 0.3 is 0 Å². The Morgan fingerprint density at radius 1 is 1.16 bits per heavy atom. The highest BCUT2D eigenvalue weighted by molar-refractivity contribution is 7.10. The summed E-state index contributed by atoms with van der Waals surface area (Å²) in [5.74, 6) is -0.219. The summed E-state index contributed by atoms with van der Waals surface area (Å²) in [6, 6.07) is 6.58. The molecule has 0 aliphatic rings. The summed E-state index contributed by atoms with van der Waals surface area (Å²) in [5.41, 5.74) is 2.48. The van der Waals surface area contributed by atoms with Gasteiger partial charge in [-0.2, -0.15) is 0 Å². The van der Waals surface area contributed by atoms with Gasteiger partial charge in [0.25, 0.3) is 0 Å². The predicted octanol–water partition coefficient (Wildman–Crippen LogP) is 3.33. The van der Waals surface area contributed by atoms with E-state index in [-0.39, 0.29) is 5.82 Å². The quantitative estimate of drug-likeness (QED) is 0.733. The molecule has 0 aliphatic heterocycles. The molecule has 0 aliphatic carbocycles. The van der Waals surface area contributed by atoms with Gasteiger partial charge in [0, 0.05) is 24.2 Å². The SMILES string of the molecule is Fc1cccc(Cc2nc(-c3cnccn3)cs2)c1. The Morgan fingerprint density at radius 3 is 2.89 bits per heavy atom. The first-order valence-corrected chi connectivity index (χ1v) is 6.64. The Labute approximate surface area is 113 Å². The van der Waals surface area contributed by atoms with Crippen molar-refractivity contribution in [3.63, 3.8) is 0 Å². The van der Waals surface area contributed by atoms with E-state index in [1.165, 1.54) is 12.1 Å². The number of halogens is 1. The highest BCUT2D eigenvalue weighted by Gasteiger charge is 2.06. The van der Waals surface area contributed by atoms with Crippen molar-refractivity contribution in [1.82, 2.24) is 15.0 Å². The van der Waals surface area contributed by atoms with Crippen LogP contribution < -0.4 is 0 Å². The fourth-order valence-corrected chi connectivity index (χ4v) is 2.58. The Hall–Kier alpha value is -2.14. The first-order valence-electron chi connectivity index (χ1n) is 5.76. The average molecular weight is 271 g/mol. The van der Waals surface area contributed by atoms with Crippen molar-refractivity contribution in [2.24, 2.45) is 0 Å². The molecular weight excluding hydrogens is 261 g/mol. The molecule has 0 saturated heterocycles. The van der Waals surface area contributed by atoms with E-state index in [9.17, 15) is 4.39 Å². The van der Waals surface area contributed by atoms with Crippen LogP contribution in [-0.2, 0) is 6.42 Å². The zero-order valence-corrected chi connectivity index (χ0v) is 10.8. The molecule has 0 saturated carbocycles. The van der Waals surface area contributed by atoms with Gasteiger partial charge in [-0.3, -0.25) is 9.97 Å². The third-order valence-corrected chi connectivity index (χ3v) is 3.47. The maximum absolute atomic E-state index is 13.1. The van der Waals surface area contributed by atoms with Gasteiger partial charge < -0.3 is 0 Å². The lowest BCUT2D eigenvalue weighted by molar-refractivity contribution is 0.626. The van der Waals surface area contributed by atoms with Gasteiger partial charge in [0.15, 0.2) is 0 Å². The molecule has 0 fully saturated rings. The zero-order chi connectivity index (χ0) is 13.1. The molecule has 94 valence electrons. The van der Waals surface area contributed by atoms with Gasteiger partial charge in [-0.15, -0.1) is 11.3 Å². The molecule has 0 unspecified atom stereocenters. The smallest absolute Gasteiger partial charge is 0.123 e. The summed E-state index contributed by atoms with van der Waals surface area (Å²) >= 11 is 1.54. The molecule has 0 N–H and O–H groups in total. The van der Waals surface area contributed by atoms with E-state index in [1.54, 1.807) is 36.0 Å². The van der Waals surface area contributed by atoms with Gasteiger partial charge in [0.05, 0.1) is 11.2 Å². The number of rotatable bonds is 3. The number of nitrogens with zero attached hydrogens (tertiary/aromatic N) is 3. The molecule has 2 aromatic heterocycles. The lowest BCUT2D eigenvalue weighted by Crippen LogP contribution is -1.89. The first-order chi connectivity index (χ1) is 9.31. The van der Waals surface area contributed by atoms with E-state index in [0.29, 0.717) is 6.42 Å². The van der Waals surface area contributed by atoms with Gasteiger partial charge in [-0.05, 0) is 17.7 Å². The minimum absolute atomic E-state index is 0.219. The van der Waals surface area contributed by atoms with Crippen LogP contribution in [-0.4, -0.2) is 15.0 Å². The standard InChI is InChI=1S/C14H10FN3S/c15-11-3-1-2-10(6-11)7-14-18-13(9-19-14)12-8-16-4-5-17-12/h1-6,8-9H,7H2. The first kappa shape index (κ1) is 11.9. The lowest BCUT2D eigenvalue weighted by Gasteiger charge is -1.97. The molecule has 19 heavy (non-hydrogen) atoms. The van der Waals surface area contributed by atoms with Crippen molar-refractivity contribution in [2.45, 2.75) is 6.42 Å². The van der Waals surface area contributed by atoms with Crippen LogP contribution >= 0.6 is 11.3 Å². The normalized spacial score (nSPS) is 10.6. The van der Waals surface area contributed by atoms with Crippen molar-refractivity contribution >= 4 is 11.3 Å². The largest absolute Gasteiger partial charge is 0.261 e. The minimum atomic E-state index is -0.219. The summed E-state index contributed by atoms with van der Waals surface area (Å²) in [7, 11) is 0. The molecular formula is C14H10FN3S. The molecule has 3 aromatic rings. The predicted molar refractivity (Wildman–Crippen MR) is 72.3 cm³/mol. The number of benzene rings is 1. The molecule has 1 aromatic carbocycles. The molecule has 5 heteroatoms. The molecule has 0 spiro atoms. The van der Waals surface area contributed by atoms with Gasteiger partial charge in [0.1, 0.15) is 17.2 Å². The number of aromatic nitrogens is 3. The second-order valence-electron chi connectivity index (χ2n) is 4.02. The topological polar surface area (TPSA) is 38.7 Å². The lowest BCUT2D eigenvalue weighted by atomic mass is 10.1. The van der Waals surface area contributed by atoms with E-state index in [1.807, 2.05) is 11.4 Å². The van der Waals surface area contributed by atoms with Gasteiger partial charge in [0.2, 0.25) is 0 Å². The maximum Gasteiger partial charge on any atom is 0.123 e. The van der Waals surface area contributed by atoms with Gasteiger partial charge in [-0.25, -0.2) is 9.37 Å². The summed E-state index contributed by atoms with van der Waals surface area (Å²) in [4.78, 5) is 12.7. The average Bonchev–Trinajstić information content (AvgIpc) is 2.88. The minimum Gasteiger partial charge on any atom is -0.261 e.